The number of hydrogen-bond donors (Lipinski definition) is 3. The molecule has 0 bridgehead atoms. The van der Waals surface area contributed by atoms with E-state index in [1.54, 1.807) is 29.9 Å². The topological polar surface area (TPSA) is 101 Å². The standard InChI is InChI=1S/C12H15N3O4S/c1-15-8-4-6(2-3-7(8)13-14-15)19-11-10(17)9(16)5-20-12(11)18/h2-4,9-12,16-18H,5H2,1H3/t9-,10+,11-,12-/m1/s1. The van der Waals surface area contributed by atoms with E-state index in [-0.39, 0.29) is 5.75 Å². The molecule has 0 amide bonds. The molecule has 7 nitrogen and oxygen atoms in total. The molecule has 4 atom stereocenters. The fourth-order valence-corrected chi connectivity index (χ4v) is 3.14. The van der Waals surface area contributed by atoms with Gasteiger partial charge in [0.25, 0.3) is 0 Å². The molecule has 108 valence electrons. The van der Waals surface area contributed by atoms with E-state index in [2.05, 4.69) is 10.3 Å². The minimum absolute atomic E-state index is 0.285. The Labute approximate surface area is 119 Å². The molecule has 1 aliphatic rings. The maximum Gasteiger partial charge on any atom is 0.162 e. The van der Waals surface area contributed by atoms with Gasteiger partial charge in [-0.25, -0.2) is 4.68 Å². The van der Waals surface area contributed by atoms with Gasteiger partial charge in [0, 0.05) is 18.9 Å². The number of rotatable bonds is 2. The fraction of sp³-hybridized carbons (Fsp3) is 0.500. The zero-order valence-corrected chi connectivity index (χ0v) is 11.6. The van der Waals surface area contributed by atoms with Crippen LogP contribution in [0.1, 0.15) is 0 Å². The molecule has 1 aliphatic heterocycles. The molecular weight excluding hydrogens is 282 g/mol. The molecule has 1 fully saturated rings. The van der Waals surface area contributed by atoms with Crippen molar-refractivity contribution in [3.05, 3.63) is 18.2 Å². The highest BCUT2D eigenvalue weighted by atomic mass is 32.2. The number of aliphatic hydroxyl groups excluding tert-OH is 3. The third kappa shape index (κ3) is 2.35. The molecule has 0 spiro atoms. The highest BCUT2D eigenvalue weighted by molar-refractivity contribution is 7.99. The zero-order chi connectivity index (χ0) is 14.3. The second-order valence-corrected chi connectivity index (χ2v) is 5.88. The van der Waals surface area contributed by atoms with Gasteiger partial charge in [-0.2, -0.15) is 0 Å². The summed E-state index contributed by atoms with van der Waals surface area (Å²) in [6.07, 6.45) is -2.90. The minimum atomic E-state index is -1.12. The Kier molecular flexibility index (Phi) is 3.55. The van der Waals surface area contributed by atoms with Crippen LogP contribution in [-0.2, 0) is 7.05 Å². The summed E-state index contributed by atoms with van der Waals surface area (Å²) in [5, 5.41) is 37.3. The smallest absolute Gasteiger partial charge is 0.162 e. The van der Waals surface area contributed by atoms with Gasteiger partial charge in [-0.05, 0) is 12.1 Å². The summed E-state index contributed by atoms with van der Waals surface area (Å²) in [6, 6.07) is 5.19. The van der Waals surface area contributed by atoms with Crippen molar-refractivity contribution in [3.8, 4) is 5.75 Å². The van der Waals surface area contributed by atoms with E-state index in [0.717, 1.165) is 22.8 Å². The van der Waals surface area contributed by atoms with E-state index in [4.69, 9.17) is 4.74 Å². The molecule has 2 heterocycles. The van der Waals surface area contributed by atoms with E-state index in [0.29, 0.717) is 5.75 Å². The van der Waals surface area contributed by atoms with Crippen LogP contribution in [0.4, 0.5) is 0 Å². The first-order valence-corrected chi connectivity index (χ1v) is 7.23. The van der Waals surface area contributed by atoms with Crippen molar-refractivity contribution in [2.75, 3.05) is 5.75 Å². The Morgan fingerprint density at radius 3 is 2.95 bits per heavy atom. The van der Waals surface area contributed by atoms with Gasteiger partial charge in [-0.3, -0.25) is 0 Å². The fourth-order valence-electron chi connectivity index (χ4n) is 2.15. The lowest BCUT2D eigenvalue weighted by molar-refractivity contribution is -0.0720. The normalized spacial score (nSPS) is 30.6. The Morgan fingerprint density at radius 1 is 1.35 bits per heavy atom. The van der Waals surface area contributed by atoms with Gasteiger partial charge < -0.3 is 20.1 Å². The van der Waals surface area contributed by atoms with Crippen molar-refractivity contribution in [1.29, 1.82) is 0 Å². The summed E-state index contributed by atoms with van der Waals surface area (Å²) in [6.45, 7) is 0. The molecule has 1 aromatic carbocycles. The van der Waals surface area contributed by atoms with Gasteiger partial charge in [-0.1, -0.05) is 5.21 Å². The van der Waals surface area contributed by atoms with Crippen molar-refractivity contribution >= 4 is 22.8 Å². The van der Waals surface area contributed by atoms with Crippen molar-refractivity contribution in [2.24, 2.45) is 7.05 Å². The van der Waals surface area contributed by atoms with Crippen LogP contribution >= 0.6 is 11.8 Å². The first kappa shape index (κ1) is 13.6. The third-order valence-electron chi connectivity index (χ3n) is 3.30. The van der Waals surface area contributed by atoms with Crippen LogP contribution in [0.3, 0.4) is 0 Å². The average Bonchev–Trinajstić information content (AvgIpc) is 2.81. The highest BCUT2D eigenvalue weighted by Crippen LogP contribution is 2.29. The molecule has 1 saturated heterocycles. The average molecular weight is 297 g/mol. The van der Waals surface area contributed by atoms with Crippen LogP contribution in [-0.4, -0.2) is 59.8 Å². The molecule has 0 radical (unpaired) electrons. The van der Waals surface area contributed by atoms with Gasteiger partial charge in [0.1, 0.15) is 22.8 Å². The molecule has 2 aromatic rings. The maximum atomic E-state index is 9.92. The van der Waals surface area contributed by atoms with Crippen molar-refractivity contribution in [1.82, 2.24) is 15.0 Å². The van der Waals surface area contributed by atoms with E-state index in [1.807, 2.05) is 0 Å². The van der Waals surface area contributed by atoms with E-state index in [9.17, 15) is 15.3 Å². The third-order valence-corrected chi connectivity index (χ3v) is 4.45. The monoisotopic (exact) mass is 297 g/mol. The number of nitrogens with zero attached hydrogens (tertiary/aromatic N) is 3. The SMILES string of the molecule is Cn1nnc2ccc(O[C@@H]3[C@@H](O)[C@H](O)CS[C@H]3O)cc21. The van der Waals surface area contributed by atoms with Crippen molar-refractivity contribution in [2.45, 2.75) is 23.7 Å². The second kappa shape index (κ2) is 5.21. The molecule has 0 unspecified atom stereocenters. The van der Waals surface area contributed by atoms with Crippen LogP contribution in [0, 0.1) is 0 Å². The molecular formula is C12H15N3O4S. The maximum absolute atomic E-state index is 9.92. The number of hydrogen-bond acceptors (Lipinski definition) is 7. The molecule has 3 rings (SSSR count). The molecule has 3 N–H and O–H groups in total. The summed E-state index contributed by atoms with van der Waals surface area (Å²) in [5.41, 5.74) is 0.642. The van der Waals surface area contributed by atoms with Crippen LogP contribution in [0.25, 0.3) is 11.0 Å². The lowest BCUT2D eigenvalue weighted by Crippen LogP contribution is -2.51. The number of thioether (sulfide) groups is 1. The zero-order valence-electron chi connectivity index (χ0n) is 10.7. The molecule has 8 heteroatoms. The van der Waals surface area contributed by atoms with Crippen molar-refractivity contribution in [3.63, 3.8) is 0 Å². The number of ether oxygens (including phenoxy) is 1. The molecule has 0 aliphatic carbocycles. The summed E-state index contributed by atoms with van der Waals surface area (Å²) in [5.74, 6) is 0.771. The number of aryl methyl sites for hydroxylation is 1. The predicted molar refractivity (Wildman–Crippen MR) is 73.4 cm³/mol. The predicted octanol–water partition coefficient (Wildman–Crippen LogP) is -0.497. The molecule has 1 aromatic heterocycles. The molecule has 0 saturated carbocycles. The molecule has 20 heavy (non-hydrogen) atoms. The number of benzene rings is 1. The Hall–Kier alpha value is -1.35. The van der Waals surface area contributed by atoms with E-state index >= 15 is 0 Å². The van der Waals surface area contributed by atoms with E-state index in [1.165, 1.54) is 0 Å². The van der Waals surface area contributed by atoms with E-state index < -0.39 is 23.7 Å². The van der Waals surface area contributed by atoms with Crippen LogP contribution in [0.15, 0.2) is 18.2 Å². The van der Waals surface area contributed by atoms with Crippen LogP contribution < -0.4 is 4.74 Å². The second-order valence-electron chi connectivity index (χ2n) is 4.73. The van der Waals surface area contributed by atoms with Gasteiger partial charge in [0.2, 0.25) is 0 Å². The first-order chi connectivity index (χ1) is 9.56. The summed E-state index contributed by atoms with van der Waals surface area (Å²) in [4.78, 5) is 0. The van der Waals surface area contributed by atoms with Gasteiger partial charge in [0.15, 0.2) is 6.10 Å². The van der Waals surface area contributed by atoms with Crippen LogP contribution in [0.5, 0.6) is 5.75 Å². The largest absolute Gasteiger partial charge is 0.484 e. The quantitative estimate of drug-likeness (QED) is 0.687. The van der Waals surface area contributed by atoms with Crippen molar-refractivity contribution < 1.29 is 20.1 Å². The number of fused-ring (bicyclic) bond motifs is 1. The lowest BCUT2D eigenvalue weighted by atomic mass is 10.1. The Balaban J connectivity index is 1.86. The van der Waals surface area contributed by atoms with Crippen LogP contribution in [0.2, 0.25) is 0 Å². The summed E-state index contributed by atoms with van der Waals surface area (Å²) < 4.78 is 7.24. The first-order valence-electron chi connectivity index (χ1n) is 6.18. The Morgan fingerprint density at radius 2 is 2.15 bits per heavy atom. The lowest BCUT2D eigenvalue weighted by Gasteiger charge is -2.35. The van der Waals surface area contributed by atoms with Gasteiger partial charge in [-0.15, -0.1) is 16.9 Å². The Bertz CT molecular complexity index is 620. The van der Waals surface area contributed by atoms with Gasteiger partial charge >= 0.3 is 0 Å². The van der Waals surface area contributed by atoms with Gasteiger partial charge in [0.05, 0.1) is 11.6 Å². The number of aromatic nitrogens is 3. The number of aliphatic hydroxyl groups is 3. The summed E-state index contributed by atoms with van der Waals surface area (Å²) >= 11 is 1.16. The summed E-state index contributed by atoms with van der Waals surface area (Å²) in [7, 11) is 1.77. The highest BCUT2D eigenvalue weighted by Gasteiger charge is 2.39. The minimum Gasteiger partial charge on any atom is -0.484 e.